The molecule has 0 saturated carbocycles. The van der Waals surface area contributed by atoms with E-state index in [9.17, 15) is 13.2 Å². The Balaban J connectivity index is 1.42. The number of aromatic nitrogens is 1. The zero-order chi connectivity index (χ0) is 24.9. The molecule has 8 heteroatoms. The zero-order valence-electron chi connectivity index (χ0n) is 19.2. The minimum absolute atomic E-state index is 0.0391. The molecule has 0 saturated heterocycles. The SMILES string of the molecule is NS(=O)(=O)c1ccc(-c2ccc([C@H]3CC(=O)Nc4cccc5c4c3cn5Cc3ccccc3)o2)cc1. The number of carbonyl (C=O) groups excluding carboxylic acids is 1. The van der Waals surface area contributed by atoms with Crippen LogP contribution in [0.2, 0.25) is 0 Å². The highest BCUT2D eigenvalue weighted by molar-refractivity contribution is 7.89. The van der Waals surface area contributed by atoms with Gasteiger partial charge in [0.2, 0.25) is 15.9 Å². The highest BCUT2D eigenvalue weighted by atomic mass is 32.2. The van der Waals surface area contributed by atoms with Gasteiger partial charge in [0, 0.05) is 30.1 Å². The molecule has 3 N–H and O–H groups in total. The molecule has 0 radical (unpaired) electrons. The fourth-order valence-corrected chi connectivity index (χ4v) is 5.43. The van der Waals surface area contributed by atoms with E-state index in [-0.39, 0.29) is 23.1 Å². The highest BCUT2D eigenvalue weighted by Gasteiger charge is 2.30. The molecule has 1 amide bonds. The van der Waals surface area contributed by atoms with Crippen LogP contribution >= 0.6 is 0 Å². The first-order valence-corrected chi connectivity index (χ1v) is 13.1. The second kappa shape index (κ2) is 8.51. The van der Waals surface area contributed by atoms with Crippen molar-refractivity contribution in [3.05, 3.63) is 108 Å². The number of sulfonamides is 1. The standard InChI is InChI=1S/C28H23N3O4S/c29-36(33,34)20-11-9-19(10-12-20)25-13-14-26(35-25)21-15-27(32)30-23-7-4-8-24-28(23)22(21)17-31(24)16-18-5-2-1-3-6-18/h1-14,17,21H,15-16H2,(H,30,32)(H2,29,33,34)/t21-/m0/s1. The molecular formula is C28H23N3O4S. The van der Waals surface area contributed by atoms with Crippen molar-refractivity contribution < 1.29 is 17.6 Å². The third-order valence-corrected chi connectivity index (χ3v) is 7.54. The first-order chi connectivity index (χ1) is 17.4. The zero-order valence-corrected chi connectivity index (χ0v) is 20.0. The lowest BCUT2D eigenvalue weighted by Crippen LogP contribution is -2.13. The predicted octanol–water partition coefficient (Wildman–Crippen LogP) is 5.07. The normalized spacial score (nSPS) is 15.6. The van der Waals surface area contributed by atoms with Crippen LogP contribution in [-0.2, 0) is 21.4 Å². The molecule has 0 bridgehead atoms. The molecule has 1 aliphatic rings. The molecule has 3 aromatic carbocycles. The number of carbonyl (C=O) groups is 1. The maximum atomic E-state index is 12.8. The molecule has 1 atom stereocenters. The molecule has 0 spiro atoms. The topological polar surface area (TPSA) is 107 Å². The average Bonchev–Trinajstić information content (AvgIpc) is 3.46. The minimum Gasteiger partial charge on any atom is -0.460 e. The number of hydrogen-bond donors (Lipinski definition) is 2. The maximum Gasteiger partial charge on any atom is 0.238 e. The van der Waals surface area contributed by atoms with Gasteiger partial charge in [-0.05, 0) is 59.7 Å². The van der Waals surface area contributed by atoms with Crippen LogP contribution in [0.1, 0.15) is 29.2 Å². The van der Waals surface area contributed by atoms with Gasteiger partial charge in [0.1, 0.15) is 11.5 Å². The van der Waals surface area contributed by atoms with Crippen molar-refractivity contribution in [3.8, 4) is 11.3 Å². The Labute approximate surface area is 208 Å². The fourth-order valence-electron chi connectivity index (χ4n) is 4.92. The van der Waals surface area contributed by atoms with E-state index in [1.165, 1.54) is 17.7 Å². The van der Waals surface area contributed by atoms with Crippen molar-refractivity contribution in [2.45, 2.75) is 23.8 Å². The molecular weight excluding hydrogens is 474 g/mol. The molecule has 6 rings (SSSR count). The van der Waals surface area contributed by atoms with Crippen molar-refractivity contribution in [3.63, 3.8) is 0 Å². The summed E-state index contributed by atoms with van der Waals surface area (Å²) in [5, 5.41) is 9.28. The molecule has 0 unspecified atom stereocenters. The Bertz CT molecular complexity index is 1700. The summed E-state index contributed by atoms with van der Waals surface area (Å²) in [6.45, 7) is 0.710. The van der Waals surface area contributed by atoms with Crippen molar-refractivity contribution in [1.82, 2.24) is 4.57 Å². The van der Waals surface area contributed by atoms with Gasteiger partial charge in [0.15, 0.2) is 0 Å². The van der Waals surface area contributed by atoms with Crippen molar-refractivity contribution >= 4 is 32.5 Å². The smallest absolute Gasteiger partial charge is 0.238 e. The van der Waals surface area contributed by atoms with Crippen LogP contribution in [-0.4, -0.2) is 18.9 Å². The Hall–Kier alpha value is -4.14. The van der Waals surface area contributed by atoms with Crippen LogP contribution in [0.4, 0.5) is 5.69 Å². The van der Waals surface area contributed by atoms with Gasteiger partial charge in [-0.15, -0.1) is 0 Å². The van der Waals surface area contributed by atoms with E-state index in [0.29, 0.717) is 18.1 Å². The first kappa shape index (κ1) is 22.3. The van der Waals surface area contributed by atoms with Crippen LogP contribution in [0, 0.1) is 0 Å². The second-order valence-corrected chi connectivity index (χ2v) is 10.5. The van der Waals surface area contributed by atoms with E-state index in [2.05, 4.69) is 34.3 Å². The largest absolute Gasteiger partial charge is 0.460 e. The number of nitrogens with one attached hydrogen (secondary N) is 1. The molecule has 0 fully saturated rings. The summed E-state index contributed by atoms with van der Waals surface area (Å²) in [5.41, 5.74) is 4.78. The lowest BCUT2D eigenvalue weighted by atomic mass is 9.93. The highest BCUT2D eigenvalue weighted by Crippen LogP contribution is 2.42. The van der Waals surface area contributed by atoms with Crippen molar-refractivity contribution in [2.24, 2.45) is 5.14 Å². The van der Waals surface area contributed by atoms with Gasteiger partial charge in [-0.2, -0.15) is 0 Å². The lowest BCUT2D eigenvalue weighted by Gasteiger charge is -2.11. The Morgan fingerprint density at radius 1 is 0.944 bits per heavy atom. The minimum atomic E-state index is -3.77. The first-order valence-electron chi connectivity index (χ1n) is 11.6. The van der Waals surface area contributed by atoms with Gasteiger partial charge in [-0.25, -0.2) is 13.6 Å². The lowest BCUT2D eigenvalue weighted by molar-refractivity contribution is -0.116. The predicted molar refractivity (Wildman–Crippen MR) is 138 cm³/mol. The Morgan fingerprint density at radius 2 is 1.72 bits per heavy atom. The number of nitrogens with two attached hydrogens (primary N) is 1. The third kappa shape index (κ3) is 4.00. The average molecular weight is 498 g/mol. The Kier molecular flexibility index (Phi) is 5.28. The van der Waals surface area contributed by atoms with E-state index in [1.807, 2.05) is 42.5 Å². The van der Waals surface area contributed by atoms with Crippen LogP contribution in [0.3, 0.4) is 0 Å². The number of rotatable bonds is 5. The fraction of sp³-hybridized carbons (Fsp3) is 0.107. The summed E-state index contributed by atoms with van der Waals surface area (Å²) in [7, 11) is -3.77. The summed E-state index contributed by atoms with van der Waals surface area (Å²) >= 11 is 0. The van der Waals surface area contributed by atoms with Crippen LogP contribution in [0.25, 0.3) is 22.2 Å². The van der Waals surface area contributed by atoms with Gasteiger partial charge in [-0.1, -0.05) is 36.4 Å². The maximum absolute atomic E-state index is 12.8. The van der Waals surface area contributed by atoms with Crippen LogP contribution < -0.4 is 10.5 Å². The number of anilines is 1. The van der Waals surface area contributed by atoms with E-state index < -0.39 is 10.0 Å². The second-order valence-electron chi connectivity index (χ2n) is 8.97. The summed E-state index contributed by atoms with van der Waals surface area (Å²) in [6.07, 6.45) is 2.37. The molecule has 5 aromatic rings. The Morgan fingerprint density at radius 3 is 2.47 bits per heavy atom. The van der Waals surface area contributed by atoms with Gasteiger partial charge < -0.3 is 14.3 Å². The number of benzene rings is 3. The molecule has 3 heterocycles. The number of primary sulfonamides is 1. The quantitative estimate of drug-likeness (QED) is 0.353. The number of nitrogens with zero attached hydrogens (tertiary/aromatic N) is 1. The van der Waals surface area contributed by atoms with Crippen molar-refractivity contribution in [1.29, 1.82) is 0 Å². The molecule has 1 aliphatic heterocycles. The number of hydrogen-bond acceptors (Lipinski definition) is 4. The summed E-state index contributed by atoms with van der Waals surface area (Å²) in [6, 6.07) is 26.2. The monoisotopic (exact) mass is 497 g/mol. The molecule has 180 valence electrons. The van der Waals surface area contributed by atoms with E-state index >= 15 is 0 Å². The number of amides is 1. The summed E-state index contributed by atoms with van der Waals surface area (Å²) in [4.78, 5) is 12.9. The van der Waals surface area contributed by atoms with Gasteiger partial charge >= 0.3 is 0 Å². The van der Waals surface area contributed by atoms with Gasteiger partial charge in [0.05, 0.1) is 22.0 Å². The third-order valence-electron chi connectivity index (χ3n) is 6.61. The summed E-state index contributed by atoms with van der Waals surface area (Å²) in [5.74, 6) is 0.911. The molecule has 36 heavy (non-hydrogen) atoms. The van der Waals surface area contributed by atoms with Crippen molar-refractivity contribution in [2.75, 3.05) is 5.32 Å². The molecule has 2 aromatic heterocycles. The molecule has 0 aliphatic carbocycles. The van der Waals surface area contributed by atoms with Gasteiger partial charge in [0.25, 0.3) is 0 Å². The van der Waals surface area contributed by atoms with Gasteiger partial charge in [-0.3, -0.25) is 4.79 Å². The van der Waals surface area contributed by atoms with E-state index in [0.717, 1.165) is 27.7 Å². The van der Waals surface area contributed by atoms with Crippen LogP contribution in [0.5, 0.6) is 0 Å². The van der Waals surface area contributed by atoms with Crippen LogP contribution in [0.15, 0.2) is 100 Å². The number of furan rings is 1. The molecule has 7 nitrogen and oxygen atoms in total. The van der Waals surface area contributed by atoms with E-state index in [4.69, 9.17) is 9.56 Å². The van der Waals surface area contributed by atoms with E-state index in [1.54, 1.807) is 12.1 Å². The summed E-state index contributed by atoms with van der Waals surface area (Å²) < 4.78 is 31.6.